The van der Waals surface area contributed by atoms with Crippen molar-refractivity contribution in [2.24, 2.45) is 5.92 Å². The predicted molar refractivity (Wildman–Crippen MR) is 79.2 cm³/mol. The van der Waals surface area contributed by atoms with E-state index in [0.29, 0.717) is 12.5 Å². The maximum Gasteiger partial charge on any atom is 0.418 e. The first kappa shape index (κ1) is 15.9. The summed E-state index contributed by atoms with van der Waals surface area (Å²) in [6, 6.07) is 3.87. The first-order chi connectivity index (χ1) is 9.86. The maximum atomic E-state index is 13.0. The highest BCUT2D eigenvalue weighted by Gasteiger charge is 2.33. The minimum absolute atomic E-state index is 0.102. The van der Waals surface area contributed by atoms with Crippen molar-refractivity contribution in [1.29, 1.82) is 0 Å². The number of anilines is 2. The average Bonchev–Trinajstić information content (AvgIpc) is 2.89. The highest BCUT2D eigenvalue weighted by atomic mass is 19.4. The van der Waals surface area contributed by atoms with Crippen LogP contribution in [0.4, 0.5) is 24.5 Å². The first-order valence-electron chi connectivity index (χ1n) is 7.29. The molecule has 2 rings (SSSR count). The smallest absolute Gasteiger partial charge is 0.399 e. The summed E-state index contributed by atoms with van der Waals surface area (Å²) in [5.41, 5.74) is 4.98. The van der Waals surface area contributed by atoms with E-state index >= 15 is 0 Å². The summed E-state index contributed by atoms with van der Waals surface area (Å²) in [5, 5.41) is 2.92. The standard InChI is InChI=1S/C15H22F3N3/c1-11(10-21-6-2-3-7-21)9-20-14-5-4-12(19)8-13(14)15(16,17)18/h4-5,8,11,20H,2-3,6-7,9-10,19H2,1H3. The molecule has 0 spiro atoms. The molecule has 0 saturated carbocycles. The zero-order valence-corrected chi connectivity index (χ0v) is 12.2. The normalized spacial score (nSPS) is 17.9. The summed E-state index contributed by atoms with van der Waals surface area (Å²) in [6.07, 6.45) is -1.96. The van der Waals surface area contributed by atoms with Crippen molar-refractivity contribution in [3.63, 3.8) is 0 Å². The van der Waals surface area contributed by atoms with Gasteiger partial charge >= 0.3 is 6.18 Å². The molecule has 1 atom stereocenters. The van der Waals surface area contributed by atoms with E-state index in [2.05, 4.69) is 17.1 Å². The number of benzene rings is 1. The van der Waals surface area contributed by atoms with Crippen molar-refractivity contribution in [2.75, 3.05) is 37.2 Å². The zero-order chi connectivity index (χ0) is 15.5. The average molecular weight is 301 g/mol. The molecule has 1 unspecified atom stereocenters. The Bertz CT molecular complexity index is 468. The van der Waals surface area contributed by atoms with Gasteiger partial charge in [0.15, 0.2) is 0 Å². The number of rotatable bonds is 5. The lowest BCUT2D eigenvalue weighted by molar-refractivity contribution is -0.136. The Balaban J connectivity index is 1.96. The monoisotopic (exact) mass is 301 g/mol. The molecular formula is C15H22F3N3. The Morgan fingerprint density at radius 2 is 1.95 bits per heavy atom. The van der Waals surface area contributed by atoms with Crippen LogP contribution in [0.5, 0.6) is 0 Å². The van der Waals surface area contributed by atoms with Crippen molar-refractivity contribution >= 4 is 11.4 Å². The van der Waals surface area contributed by atoms with Crippen LogP contribution in [-0.4, -0.2) is 31.1 Å². The molecule has 1 aromatic carbocycles. The van der Waals surface area contributed by atoms with E-state index in [0.717, 1.165) is 25.7 Å². The van der Waals surface area contributed by atoms with Crippen LogP contribution in [0, 0.1) is 5.92 Å². The van der Waals surface area contributed by atoms with Crippen LogP contribution in [0.3, 0.4) is 0 Å². The second-order valence-corrected chi connectivity index (χ2v) is 5.80. The minimum atomic E-state index is -4.39. The third-order valence-corrected chi connectivity index (χ3v) is 3.76. The largest absolute Gasteiger partial charge is 0.418 e. The van der Waals surface area contributed by atoms with Gasteiger partial charge in [0.2, 0.25) is 0 Å². The number of likely N-dealkylation sites (tertiary alicyclic amines) is 1. The number of hydrogen-bond donors (Lipinski definition) is 2. The predicted octanol–water partition coefficient (Wildman–Crippen LogP) is 3.43. The molecule has 118 valence electrons. The van der Waals surface area contributed by atoms with Crippen LogP contribution in [0.15, 0.2) is 18.2 Å². The molecular weight excluding hydrogens is 279 g/mol. The number of nitrogens with one attached hydrogen (secondary N) is 1. The Hall–Kier alpha value is -1.43. The summed E-state index contributed by atoms with van der Waals surface area (Å²) in [7, 11) is 0. The van der Waals surface area contributed by atoms with Gasteiger partial charge in [-0.1, -0.05) is 6.92 Å². The summed E-state index contributed by atoms with van der Waals surface area (Å²) < 4.78 is 38.9. The molecule has 21 heavy (non-hydrogen) atoms. The van der Waals surface area contributed by atoms with Crippen molar-refractivity contribution in [3.8, 4) is 0 Å². The number of nitrogens with two attached hydrogens (primary N) is 1. The molecule has 0 radical (unpaired) electrons. The second kappa shape index (κ2) is 6.56. The van der Waals surface area contributed by atoms with Gasteiger partial charge in [0.25, 0.3) is 0 Å². The summed E-state index contributed by atoms with van der Waals surface area (Å²) in [5.74, 6) is 0.293. The van der Waals surface area contributed by atoms with Crippen molar-refractivity contribution in [3.05, 3.63) is 23.8 Å². The van der Waals surface area contributed by atoms with Crippen LogP contribution in [0.2, 0.25) is 0 Å². The van der Waals surface area contributed by atoms with Crippen LogP contribution in [-0.2, 0) is 6.18 Å². The fourth-order valence-electron chi connectivity index (χ4n) is 2.71. The van der Waals surface area contributed by atoms with Gasteiger partial charge in [0.05, 0.1) is 5.56 Å². The van der Waals surface area contributed by atoms with Gasteiger partial charge in [0, 0.05) is 24.5 Å². The molecule has 1 heterocycles. The van der Waals surface area contributed by atoms with E-state index in [9.17, 15) is 13.2 Å². The van der Waals surface area contributed by atoms with Gasteiger partial charge < -0.3 is 16.0 Å². The van der Waals surface area contributed by atoms with Crippen LogP contribution in [0.25, 0.3) is 0 Å². The topological polar surface area (TPSA) is 41.3 Å². The van der Waals surface area contributed by atoms with E-state index < -0.39 is 11.7 Å². The van der Waals surface area contributed by atoms with E-state index in [1.807, 2.05) is 0 Å². The quantitative estimate of drug-likeness (QED) is 0.819. The third kappa shape index (κ3) is 4.52. The van der Waals surface area contributed by atoms with Gasteiger partial charge in [-0.05, 0) is 50.0 Å². The van der Waals surface area contributed by atoms with Gasteiger partial charge in [-0.25, -0.2) is 0 Å². The lowest BCUT2D eigenvalue weighted by atomic mass is 10.1. The Labute approximate surface area is 123 Å². The highest BCUT2D eigenvalue weighted by molar-refractivity contribution is 5.59. The maximum absolute atomic E-state index is 13.0. The number of halogens is 3. The van der Waals surface area contributed by atoms with Crippen LogP contribution in [0.1, 0.15) is 25.3 Å². The lowest BCUT2D eigenvalue weighted by Gasteiger charge is -2.22. The van der Waals surface area contributed by atoms with Crippen molar-refractivity contribution < 1.29 is 13.2 Å². The molecule has 1 aromatic rings. The summed E-state index contributed by atoms with van der Waals surface area (Å²) >= 11 is 0. The molecule has 0 amide bonds. The highest BCUT2D eigenvalue weighted by Crippen LogP contribution is 2.36. The van der Waals surface area contributed by atoms with Crippen molar-refractivity contribution in [2.45, 2.75) is 25.9 Å². The van der Waals surface area contributed by atoms with E-state index in [-0.39, 0.29) is 11.4 Å². The molecule has 1 saturated heterocycles. The van der Waals surface area contributed by atoms with Gasteiger partial charge in [0.1, 0.15) is 0 Å². The fraction of sp³-hybridized carbons (Fsp3) is 0.600. The molecule has 0 bridgehead atoms. The molecule has 1 aliphatic heterocycles. The number of alkyl halides is 3. The fourth-order valence-corrected chi connectivity index (χ4v) is 2.71. The molecule has 0 aliphatic carbocycles. The van der Waals surface area contributed by atoms with Gasteiger partial charge in [-0.2, -0.15) is 13.2 Å². The second-order valence-electron chi connectivity index (χ2n) is 5.80. The number of nitrogens with zero attached hydrogens (tertiary/aromatic N) is 1. The van der Waals surface area contributed by atoms with Crippen LogP contribution < -0.4 is 11.1 Å². The van der Waals surface area contributed by atoms with E-state index in [1.54, 1.807) is 0 Å². The molecule has 3 N–H and O–H groups in total. The van der Waals surface area contributed by atoms with Crippen molar-refractivity contribution in [1.82, 2.24) is 4.90 Å². The third-order valence-electron chi connectivity index (χ3n) is 3.76. The zero-order valence-electron chi connectivity index (χ0n) is 12.2. The van der Waals surface area contributed by atoms with Gasteiger partial charge in [-0.15, -0.1) is 0 Å². The Kier molecular flexibility index (Phi) is 4.98. The van der Waals surface area contributed by atoms with E-state index in [1.165, 1.54) is 25.0 Å². The summed E-state index contributed by atoms with van der Waals surface area (Å²) in [4.78, 5) is 2.36. The molecule has 1 aliphatic rings. The Morgan fingerprint density at radius 1 is 1.29 bits per heavy atom. The lowest BCUT2D eigenvalue weighted by Crippen LogP contribution is -2.29. The van der Waals surface area contributed by atoms with E-state index in [4.69, 9.17) is 5.73 Å². The molecule has 3 nitrogen and oxygen atoms in total. The number of hydrogen-bond acceptors (Lipinski definition) is 3. The molecule has 1 fully saturated rings. The summed E-state index contributed by atoms with van der Waals surface area (Å²) in [6.45, 7) is 5.68. The minimum Gasteiger partial charge on any atom is -0.399 e. The van der Waals surface area contributed by atoms with Crippen LogP contribution >= 0.6 is 0 Å². The molecule has 0 aromatic heterocycles. The Morgan fingerprint density at radius 3 is 2.57 bits per heavy atom. The molecule has 6 heteroatoms. The first-order valence-corrected chi connectivity index (χ1v) is 7.29. The van der Waals surface area contributed by atoms with Gasteiger partial charge in [-0.3, -0.25) is 0 Å². The SMILES string of the molecule is CC(CNc1ccc(N)cc1C(F)(F)F)CN1CCCC1. The number of nitrogen functional groups attached to an aromatic ring is 1.